The zero-order chi connectivity index (χ0) is 18.8. The molecule has 9 heteroatoms. The number of fused-ring (bicyclic) bond motifs is 1. The minimum atomic E-state index is -0.864. The number of thioether (sulfide) groups is 1. The quantitative estimate of drug-likeness (QED) is 0.777. The average Bonchev–Trinajstić information content (AvgIpc) is 2.63. The van der Waals surface area contributed by atoms with Crippen LogP contribution in [0.2, 0.25) is 0 Å². The predicted octanol–water partition coefficient (Wildman–Crippen LogP) is 2.55. The lowest BCUT2D eigenvalue weighted by Gasteiger charge is -2.22. The number of ether oxygens (including phenoxy) is 2. The minimum Gasteiger partial charge on any atom is -0.465 e. The normalized spacial score (nSPS) is 17.0. The third-order valence-electron chi connectivity index (χ3n) is 3.15. The van der Waals surface area contributed by atoms with Crippen molar-refractivity contribution in [3.05, 3.63) is 23.5 Å². The highest BCUT2D eigenvalue weighted by molar-refractivity contribution is 7.99. The Morgan fingerprint density at radius 1 is 1.36 bits per heavy atom. The van der Waals surface area contributed by atoms with Crippen molar-refractivity contribution in [2.75, 3.05) is 18.2 Å². The van der Waals surface area contributed by atoms with Crippen LogP contribution >= 0.6 is 11.8 Å². The topological polar surface area (TPSA) is 93.7 Å². The molecule has 0 bridgehead atoms. The summed E-state index contributed by atoms with van der Waals surface area (Å²) in [5.74, 6) is -1.88. The molecule has 7 nitrogen and oxygen atoms in total. The second kappa shape index (κ2) is 7.30. The molecule has 2 amide bonds. The highest BCUT2D eigenvalue weighted by atomic mass is 32.2. The summed E-state index contributed by atoms with van der Waals surface area (Å²) in [4.78, 5) is 36.2. The van der Waals surface area contributed by atoms with E-state index >= 15 is 0 Å². The van der Waals surface area contributed by atoms with E-state index in [-0.39, 0.29) is 17.0 Å². The molecule has 0 saturated heterocycles. The molecule has 1 atom stereocenters. The number of alkyl carbamates (subject to hydrolysis) is 1. The van der Waals surface area contributed by atoms with E-state index in [1.165, 1.54) is 17.8 Å². The standard InChI is InChI=1S/C16H19FN2O5S/c1-16(2,3)24-15(22)19-11-7-25-12-6-9(17)8(14(21)23-4)5-10(12)18-13(11)20/h5-6,11H,7H2,1-4H3,(H,18,20)(H,19,22)/t11-/m0/s1. The van der Waals surface area contributed by atoms with Gasteiger partial charge in [-0.3, -0.25) is 4.79 Å². The Kier molecular flexibility index (Phi) is 5.56. The molecule has 0 spiro atoms. The van der Waals surface area contributed by atoms with Crippen LogP contribution in [0.1, 0.15) is 31.1 Å². The molecule has 2 N–H and O–H groups in total. The van der Waals surface area contributed by atoms with Gasteiger partial charge in [0, 0.05) is 10.6 Å². The lowest BCUT2D eigenvalue weighted by Crippen LogP contribution is -2.46. The zero-order valence-corrected chi connectivity index (χ0v) is 15.1. The molecular weight excluding hydrogens is 351 g/mol. The van der Waals surface area contributed by atoms with E-state index < -0.39 is 35.4 Å². The van der Waals surface area contributed by atoms with Crippen molar-refractivity contribution in [3.63, 3.8) is 0 Å². The SMILES string of the molecule is COC(=O)c1cc2c(cc1F)SC[C@H](NC(=O)OC(C)(C)C)C(=O)N2. The maximum Gasteiger partial charge on any atom is 0.408 e. The van der Waals surface area contributed by atoms with Crippen LogP contribution in [0, 0.1) is 5.82 Å². The second-order valence-corrected chi connectivity index (χ2v) is 7.38. The minimum absolute atomic E-state index is 0.190. The van der Waals surface area contributed by atoms with Gasteiger partial charge < -0.3 is 20.1 Å². The largest absolute Gasteiger partial charge is 0.465 e. The van der Waals surface area contributed by atoms with Crippen molar-refractivity contribution in [3.8, 4) is 0 Å². The molecule has 1 aromatic rings. The van der Waals surface area contributed by atoms with Crippen LogP contribution < -0.4 is 10.6 Å². The van der Waals surface area contributed by atoms with Gasteiger partial charge in [0.1, 0.15) is 17.5 Å². The number of esters is 1. The lowest BCUT2D eigenvalue weighted by molar-refractivity contribution is -0.117. The molecule has 0 unspecified atom stereocenters. The van der Waals surface area contributed by atoms with Gasteiger partial charge in [-0.15, -0.1) is 11.8 Å². The van der Waals surface area contributed by atoms with Crippen molar-refractivity contribution in [2.24, 2.45) is 0 Å². The van der Waals surface area contributed by atoms with Crippen LogP contribution in [0.5, 0.6) is 0 Å². The van der Waals surface area contributed by atoms with Gasteiger partial charge in [-0.1, -0.05) is 0 Å². The van der Waals surface area contributed by atoms with Crippen molar-refractivity contribution in [2.45, 2.75) is 37.3 Å². The predicted molar refractivity (Wildman–Crippen MR) is 90.3 cm³/mol. The first-order chi connectivity index (χ1) is 11.6. The number of methoxy groups -OCH3 is 1. The number of amides is 2. The summed E-state index contributed by atoms with van der Waals surface area (Å²) in [6, 6.07) is 1.51. The number of hydrogen-bond donors (Lipinski definition) is 2. The van der Waals surface area contributed by atoms with E-state index in [1.54, 1.807) is 20.8 Å². The number of benzene rings is 1. The van der Waals surface area contributed by atoms with E-state index in [1.807, 2.05) is 0 Å². The molecule has 136 valence electrons. The van der Waals surface area contributed by atoms with Gasteiger partial charge in [-0.2, -0.15) is 0 Å². The van der Waals surface area contributed by atoms with Gasteiger partial charge in [-0.25, -0.2) is 14.0 Å². The number of halogens is 1. The van der Waals surface area contributed by atoms with Crippen molar-refractivity contribution < 1.29 is 28.2 Å². The van der Waals surface area contributed by atoms with Crippen molar-refractivity contribution in [1.82, 2.24) is 5.32 Å². The number of anilines is 1. The molecule has 0 radical (unpaired) electrons. The van der Waals surface area contributed by atoms with E-state index in [2.05, 4.69) is 15.4 Å². The highest BCUT2D eigenvalue weighted by Crippen LogP contribution is 2.33. The van der Waals surface area contributed by atoms with Crippen LogP contribution in [0.25, 0.3) is 0 Å². The molecule has 1 aliphatic heterocycles. The van der Waals surface area contributed by atoms with Gasteiger partial charge >= 0.3 is 12.1 Å². The first kappa shape index (κ1) is 19.0. The summed E-state index contributed by atoms with van der Waals surface area (Å²) in [6.45, 7) is 5.13. The molecule has 1 heterocycles. The first-order valence-electron chi connectivity index (χ1n) is 7.46. The van der Waals surface area contributed by atoms with Crippen molar-refractivity contribution in [1.29, 1.82) is 0 Å². The van der Waals surface area contributed by atoms with Gasteiger partial charge in [0.15, 0.2) is 0 Å². The molecule has 25 heavy (non-hydrogen) atoms. The number of nitrogens with one attached hydrogen (secondary N) is 2. The highest BCUT2D eigenvalue weighted by Gasteiger charge is 2.29. The molecule has 0 saturated carbocycles. The Labute approximate surface area is 148 Å². The number of hydrogen-bond acceptors (Lipinski definition) is 6. The summed E-state index contributed by atoms with van der Waals surface area (Å²) >= 11 is 1.18. The molecule has 1 aromatic carbocycles. The fraction of sp³-hybridized carbons (Fsp3) is 0.438. The summed E-state index contributed by atoms with van der Waals surface area (Å²) in [5, 5.41) is 5.07. The number of carbonyl (C=O) groups excluding carboxylic acids is 3. The molecule has 2 rings (SSSR count). The Morgan fingerprint density at radius 2 is 2.04 bits per heavy atom. The fourth-order valence-electron chi connectivity index (χ4n) is 2.06. The summed E-state index contributed by atoms with van der Waals surface area (Å²) < 4.78 is 23.7. The fourth-order valence-corrected chi connectivity index (χ4v) is 3.10. The van der Waals surface area contributed by atoms with E-state index in [4.69, 9.17) is 4.74 Å². The smallest absolute Gasteiger partial charge is 0.408 e. The monoisotopic (exact) mass is 370 g/mol. The van der Waals surface area contributed by atoms with Crippen LogP contribution in [0.15, 0.2) is 17.0 Å². The Morgan fingerprint density at radius 3 is 2.64 bits per heavy atom. The summed E-state index contributed by atoms with van der Waals surface area (Å²) in [6.07, 6.45) is -0.722. The molecule has 0 aliphatic carbocycles. The van der Waals surface area contributed by atoms with Crippen LogP contribution in [0.3, 0.4) is 0 Å². The Hall–Kier alpha value is -2.29. The first-order valence-corrected chi connectivity index (χ1v) is 8.44. The van der Waals surface area contributed by atoms with Crippen LogP contribution in [0.4, 0.5) is 14.9 Å². The van der Waals surface area contributed by atoms with Crippen molar-refractivity contribution >= 4 is 35.4 Å². The third kappa shape index (κ3) is 4.85. The summed E-state index contributed by atoms with van der Waals surface area (Å²) in [5.41, 5.74) is -0.689. The zero-order valence-electron chi connectivity index (χ0n) is 14.3. The Bertz CT molecular complexity index is 717. The molecular formula is C16H19FN2O5S. The van der Waals surface area contributed by atoms with E-state index in [0.717, 1.165) is 13.2 Å². The van der Waals surface area contributed by atoms with E-state index in [0.29, 0.717) is 4.90 Å². The number of carbonyl (C=O) groups is 3. The molecule has 1 aliphatic rings. The number of rotatable bonds is 2. The van der Waals surface area contributed by atoms with E-state index in [9.17, 15) is 18.8 Å². The third-order valence-corrected chi connectivity index (χ3v) is 4.29. The van der Waals surface area contributed by atoms with Gasteiger partial charge in [0.2, 0.25) is 5.91 Å². The second-order valence-electron chi connectivity index (χ2n) is 6.32. The van der Waals surface area contributed by atoms with Crippen LogP contribution in [-0.2, 0) is 14.3 Å². The molecule has 0 fully saturated rings. The maximum atomic E-state index is 14.0. The Balaban J connectivity index is 2.17. The van der Waals surface area contributed by atoms with Crippen LogP contribution in [-0.4, -0.2) is 42.5 Å². The molecule has 0 aromatic heterocycles. The van der Waals surface area contributed by atoms with Gasteiger partial charge in [0.05, 0.1) is 18.4 Å². The summed E-state index contributed by atoms with van der Waals surface area (Å²) in [7, 11) is 1.14. The van der Waals surface area contributed by atoms with Gasteiger partial charge in [0.25, 0.3) is 0 Å². The lowest BCUT2D eigenvalue weighted by atomic mass is 10.1. The maximum absolute atomic E-state index is 14.0. The average molecular weight is 370 g/mol. The van der Waals surface area contributed by atoms with Gasteiger partial charge in [-0.05, 0) is 32.9 Å².